The van der Waals surface area contributed by atoms with Gasteiger partial charge in [0, 0.05) is 24.3 Å². The number of amides is 2. The number of para-hydroxylation sites is 1. The first kappa shape index (κ1) is 17.9. The highest BCUT2D eigenvalue weighted by molar-refractivity contribution is 5.97. The zero-order valence-corrected chi connectivity index (χ0v) is 14.6. The molecule has 1 saturated heterocycles. The molecule has 0 spiro atoms. The van der Waals surface area contributed by atoms with Crippen molar-refractivity contribution in [1.82, 2.24) is 0 Å². The minimum Gasteiger partial charge on any atom is -0.478 e. The number of ether oxygens (including phenoxy) is 1. The van der Waals surface area contributed by atoms with Crippen molar-refractivity contribution in [3.8, 4) is 5.75 Å². The lowest BCUT2D eigenvalue weighted by atomic mass is 10.2. The molecule has 0 aromatic heterocycles. The fraction of sp³-hybridized carbons (Fsp3) is 0.300. The number of benzene rings is 2. The molecular weight excluding hydrogens is 335 g/mol. The van der Waals surface area contributed by atoms with E-state index in [0.717, 1.165) is 18.7 Å². The van der Waals surface area contributed by atoms with Crippen molar-refractivity contribution in [3.05, 3.63) is 54.3 Å². The summed E-state index contributed by atoms with van der Waals surface area (Å²) in [6.07, 6.45) is 1.04. The van der Waals surface area contributed by atoms with Gasteiger partial charge >= 0.3 is 0 Å². The van der Waals surface area contributed by atoms with Crippen LogP contribution in [0.1, 0.15) is 26.2 Å². The fourth-order valence-electron chi connectivity index (χ4n) is 2.88. The number of nitrogens with one attached hydrogen (secondary N) is 1. The van der Waals surface area contributed by atoms with E-state index in [4.69, 9.17) is 4.74 Å². The second-order valence-electron chi connectivity index (χ2n) is 6.13. The quantitative estimate of drug-likeness (QED) is 0.858. The average Bonchev–Trinajstić information content (AvgIpc) is 3.07. The number of carbonyl (C=O) groups excluding carboxylic acids is 2. The Bertz CT molecular complexity index is 792. The van der Waals surface area contributed by atoms with Crippen LogP contribution in [0.2, 0.25) is 0 Å². The molecule has 5 nitrogen and oxygen atoms in total. The third-order valence-corrected chi connectivity index (χ3v) is 4.29. The number of anilines is 2. The number of carbonyl (C=O) groups is 2. The molecule has 3 rings (SSSR count). The van der Waals surface area contributed by atoms with Gasteiger partial charge in [-0.05, 0) is 49.2 Å². The summed E-state index contributed by atoms with van der Waals surface area (Å²) in [6, 6.07) is 13.1. The SMILES string of the molecule is CCC(Oc1ccccc1F)C(=O)Nc1ccc(N2CCCC2=O)cc1. The summed E-state index contributed by atoms with van der Waals surface area (Å²) in [7, 11) is 0. The van der Waals surface area contributed by atoms with Gasteiger partial charge in [0.05, 0.1) is 0 Å². The van der Waals surface area contributed by atoms with Gasteiger partial charge in [0.25, 0.3) is 5.91 Å². The molecule has 136 valence electrons. The summed E-state index contributed by atoms with van der Waals surface area (Å²) < 4.78 is 19.2. The predicted octanol–water partition coefficient (Wildman–Crippen LogP) is 3.75. The summed E-state index contributed by atoms with van der Waals surface area (Å²) in [4.78, 5) is 25.9. The highest BCUT2D eigenvalue weighted by Gasteiger charge is 2.22. The van der Waals surface area contributed by atoms with Crippen LogP contribution in [-0.2, 0) is 9.59 Å². The molecule has 26 heavy (non-hydrogen) atoms. The molecular formula is C20H21FN2O3. The first-order valence-electron chi connectivity index (χ1n) is 8.71. The molecule has 1 atom stereocenters. The largest absolute Gasteiger partial charge is 0.478 e. The Hall–Kier alpha value is -2.89. The van der Waals surface area contributed by atoms with Crippen LogP contribution < -0.4 is 15.0 Å². The summed E-state index contributed by atoms with van der Waals surface area (Å²) in [5, 5.41) is 2.77. The van der Waals surface area contributed by atoms with Crippen molar-refractivity contribution in [2.75, 3.05) is 16.8 Å². The van der Waals surface area contributed by atoms with Gasteiger partial charge in [0.2, 0.25) is 5.91 Å². The number of nitrogens with zero attached hydrogens (tertiary/aromatic N) is 1. The van der Waals surface area contributed by atoms with Crippen LogP contribution in [-0.4, -0.2) is 24.5 Å². The van der Waals surface area contributed by atoms with Crippen LogP contribution in [0.3, 0.4) is 0 Å². The van der Waals surface area contributed by atoms with E-state index in [1.807, 2.05) is 0 Å². The van der Waals surface area contributed by atoms with Crippen LogP contribution in [0.15, 0.2) is 48.5 Å². The summed E-state index contributed by atoms with van der Waals surface area (Å²) in [5.41, 5.74) is 1.42. The summed E-state index contributed by atoms with van der Waals surface area (Å²) in [5.74, 6) is -0.678. The molecule has 0 radical (unpaired) electrons. The standard InChI is InChI=1S/C20H21FN2O3/c1-2-17(26-18-7-4-3-6-16(18)21)20(25)22-14-9-11-15(12-10-14)23-13-5-8-19(23)24/h3-4,6-7,9-12,17H,2,5,8,13H2,1H3,(H,22,25). The Morgan fingerprint density at radius 2 is 1.96 bits per heavy atom. The summed E-state index contributed by atoms with van der Waals surface area (Å²) in [6.45, 7) is 2.52. The topological polar surface area (TPSA) is 58.6 Å². The number of hydrogen-bond acceptors (Lipinski definition) is 3. The van der Waals surface area contributed by atoms with Crippen molar-refractivity contribution in [3.63, 3.8) is 0 Å². The first-order chi connectivity index (χ1) is 12.6. The van der Waals surface area contributed by atoms with Crippen LogP contribution in [0, 0.1) is 5.82 Å². The van der Waals surface area contributed by atoms with Crippen molar-refractivity contribution < 1.29 is 18.7 Å². The molecule has 2 aromatic rings. The number of halogens is 1. The third kappa shape index (κ3) is 4.02. The molecule has 6 heteroatoms. The van der Waals surface area contributed by atoms with E-state index in [1.165, 1.54) is 12.1 Å². The smallest absolute Gasteiger partial charge is 0.265 e. The van der Waals surface area contributed by atoms with E-state index in [-0.39, 0.29) is 17.6 Å². The lowest BCUT2D eigenvalue weighted by molar-refractivity contribution is -0.123. The summed E-state index contributed by atoms with van der Waals surface area (Å²) >= 11 is 0. The maximum Gasteiger partial charge on any atom is 0.265 e. The molecule has 1 fully saturated rings. The molecule has 2 amide bonds. The first-order valence-corrected chi connectivity index (χ1v) is 8.71. The molecule has 1 aliphatic heterocycles. The molecule has 1 aliphatic rings. The second kappa shape index (κ2) is 7.99. The van der Waals surface area contributed by atoms with Gasteiger partial charge in [-0.2, -0.15) is 0 Å². The minimum atomic E-state index is -0.799. The Labute approximate surface area is 151 Å². The normalized spacial score (nSPS) is 15.0. The van der Waals surface area contributed by atoms with Gasteiger partial charge in [-0.1, -0.05) is 19.1 Å². The Morgan fingerprint density at radius 1 is 1.23 bits per heavy atom. The highest BCUT2D eigenvalue weighted by Crippen LogP contribution is 2.23. The lowest BCUT2D eigenvalue weighted by Gasteiger charge is -2.19. The van der Waals surface area contributed by atoms with Gasteiger partial charge in [0.15, 0.2) is 17.7 Å². The van der Waals surface area contributed by atoms with Crippen molar-refractivity contribution >= 4 is 23.2 Å². The second-order valence-corrected chi connectivity index (χ2v) is 6.13. The molecule has 0 bridgehead atoms. The fourth-order valence-corrected chi connectivity index (χ4v) is 2.88. The molecule has 1 unspecified atom stereocenters. The molecule has 1 heterocycles. The van der Waals surface area contributed by atoms with Crippen LogP contribution in [0.25, 0.3) is 0 Å². The van der Waals surface area contributed by atoms with E-state index < -0.39 is 11.9 Å². The van der Waals surface area contributed by atoms with Gasteiger partial charge in [0.1, 0.15) is 0 Å². The Kier molecular flexibility index (Phi) is 5.51. The molecule has 0 aliphatic carbocycles. The van der Waals surface area contributed by atoms with E-state index in [1.54, 1.807) is 48.2 Å². The van der Waals surface area contributed by atoms with E-state index in [9.17, 15) is 14.0 Å². The predicted molar refractivity (Wildman–Crippen MR) is 97.8 cm³/mol. The minimum absolute atomic E-state index is 0.0531. The van der Waals surface area contributed by atoms with Crippen LogP contribution in [0.4, 0.5) is 15.8 Å². The molecule has 2 aromatic carbocycles. The number of rotatable bonds is 6. The maximum atomic E-state index is 13.7. The third-order valence-electron chi connectivity index (χ3n) is 4.29. The van der Waals surface area contributed by atoms with Crippen molar-refractivity contribution in [1.29, 1.82) is 0 Å². The van der Waals surface area contributed by atoms with E-state index in [0.29, 0.717) is 18.5 Å². The maximum absolute atomic E-state index is 13.7. The average molecular weight is 356 g/mol. The Balaban J connectivity index is 1.64. The number of hydrogen-bond donors (Lipinski definition) is 1. The zero-order valence-electron chi connectivity index (χ0n) is 14.6. The van der Waals surface area contributed by atoms with Gasteiger partial charge in [-0.15, -0.1) is 0 Å². The van der Waals surface area contributed by atoms with E-state index in [2.05, 4.69) is 5.32 Å². The molecule has 0 saturated carbocycles. The van der Waals surface area contributed by atoms with Gasteiger partial charge in [-0.25, -0.2) is 4.39 Å². The van der Waals surface area contributed by atoms with Crippen LogP contribution in [0.5, 0.6) is 5.75 Å². The highest BCUT2D eigenvalue weighted by atomic mass is 19.1. The van der Waals surface area contributed by atoms with E-state index >= 15 is 0 Å². The van der Waals surface area contributed by atoms with Crippen LogP contribution >= 0.6 is 0 Å². The van der Waals surface area contributed by atoms with Crippen molar-refractivity contribution in [2.24, 2.45) is 0 Å². The Morgan fingerprint density at radius 3 is 2.58 bits per heavy atom. The monoisotopic (exact) mass is 356 g/mol. The lowest BCUT2D eigenvalue weighted by Crippen LogP contribution is -2.32. The molecule has 1 N–H and O–H groups in total. The zero-order chi connectivity index (χ0) is 18.5. The van der Waals surface area contributed by atoms with Gasteiger partial charge < -0.3 is 15.0 Å². The van der Waals surface area contributed by atoms with Crippen molar-refractivity contribution in [2.45, 2.75) is 32.3 Å². The van der Waals surface area contributed by atoms with Gasteiger partial charge in [-0.3, -0.25) is 9.59 Å².